The number of nitrogens with zero attached hydrogens (tertiary/aromatic N) is 3. The van der Waals surface area contributed by atoms with Crippen molar-refractivity contribution in [3.8, 4) is 0 Å². The molecule has 1 aliphatic rings. The Hall–Kier alpha value is -2.88. The molecule has 0 saturated carbocycles. The topological polar surface area (TPSA) is 56.2 Å². The number of fused-ring (bicyclic) bond motifs is 4. The van der Waals surface area contributed by atoms with Crippen molar-refractivity contribution in [3.05, 3.63) is 71.2 Å². The molecule has 0 bridgehead atoms. The zero-order valence-electron chi connectivity index (χ0n) is 13.7. The molecule has 0 radical (unpaired) electrons. The van der Waals surface area contributed by atoms with Crippen molar-refractivity contribution in [2.75, 3.05) is 7.05 Å². The van der Waals surface area contributed by atoms with E-state index in [1.165, 1.54) is 11.1 Å². The maximum absolute atomic E-state index is 5.76. The summed E-state index contributed by atoms with van der Waals surface area (Å²) < 4.78 is 2.34. The quantitative estimate of drug-likeness (QED) is 0.738. The van der Waals surface area contributed by atoms with Gasteiger partial charge in [0.2, 0.25) is 0 Å². The van der Waals surface area contributed by atoms with Gasteiger partial charge in [0.15, 0.2) is 0 Å². The number of aromatic nitrogens is 2. The van der Waals surface area contributed by atoms with E-state index in [-0.39, 0.29) is 0 Å². The van der Waals surface area contributed by atoms with Crippen LogP contribution in [-0.2, 0) is 19.4 Å². The molecule has 4 rings (SSSR count). The van der Waals surface area contributed by atoms with Gasteiger partial charge < -0.3 is 10.3 Å². The molecule has 0 aliphatic carbocycles. The van der Waals surface area contributed by atoms with Crippen LogP contribution in [0.4, 0.5) is 0 Å². The van der Waals surface area contributed by atoms with Gasteiger partial charge in [-0.2, -0.15) is 0 Å². The number of rotatable bonds is 2. The van der Waals surface area contributed by atoms with Crippen LogP contribution in [0.5, 0.6) is 0 Å². The minimum absolute atomic E-state index is 0.870. The van der Waals surface area contributed by atoms with Crippen LogP contribution >= 0.6 is 0 Å². The Morgan fingerprint density at radius 3 is 2.79 bits per heavy atom. The second-order valence-corrected chi connectivity index (χ2v) is 6.10. The van der Waals surface area contributed by atoms with Crippen molar-refractivity contribution in [1.29, 1.82) is 0 Å². The molecular weight excluding hydrogens is 296 g/mol. The lowest BCUT2D eigenvalue weighted by atomic mass is 10.0. The summed E-state index contributed by atoms with van der Waals surface area (Å²) >= 11 is 0. The molecule has 0 unspecified atom stereocenters. The third-order valence-corrected chi connectivity index (χ3v) is 4.67. The van der Waals surface area contributed by atoms with E-state index in [4.69, 9.17) is 10.7 Å². The van der Waals surface area contributed by atoms with Crippen molar-refractivity contribution < 1.29 is 0 Å². The smallest absolute Gasteiger partial charge is 0.110 e. The van der Waals surface area contributed by atoms with E-state index in [0.29, 0.717) is 0 Å². The predicted octanol–water partition coefficient (Wildman–Crippen LogP) is 3.18. The van der Waals surface area contributed by atoms with Crippen molar-refractivity contribution in [1.82, 2.24) is 9.55 Å². The maximum Gasteiger partial charge on any atom is 0.110 e. The van der Waals surface area contributed by atoms with E-state index >= 15 is 0 Å². The van der Waals surface area contributed by atoms with Crippen LogP contribution in [0.25, 0.3) is 16.6 Å². The van der Waals surface area contributed by atoms with Crippen LogP contribution in [0.3, 0.4) is 0 Å². The molecule has 3 aromatic rings. The number of hydrogen-bond acceptors (Lipinski definition) is 3. The SMILES string of the molecule is CN=C/C(=C\N)c1ccc2nc3n(c2c1)Cc1ccccc1CC3. The number of aryl methyl sites for hydroxylation is 2. The van der Waals surface area contributed by atoms with Crippen LogP contribution in [0.15, 0.2) is 53.7 Å². The molecule has 1 aliphatic heterocycles. The van der Waals surface area contributed by atoms with Gasteiger partial charge in [-0.3, -0.25) is 4.99 Å². The zero-order chi connectivity index (χ0) is 16.5. The van der Waals surface area contributed by atoms with Crippen LogP contribution < -0.4 is 5.73 Å². The van der Waals surface area contributed by atoms with Crippen LogP contribution in [0.1, 0.15) is 22.5 Å². The molecule has 2 N–H and O–H groups in total. The largest absolute Gasteiger partial charge is 0.404 e. The highest BCUT2D eigenvalue weighted by Crippen LogP contribution is 2.26. The fraction of sp³-hybridized carbons (Fsp3) is 0.200. The molecule has 4 heteroatoms. The average molecular weight is 316 g/mol. The molecule has 1 aromatic heterocycles. The summed E-state index contributed by atoms with van der Waals surface area (Å²) in [6, 6.07) is 15.0. The molecule has 0 fully saturated rings. The van der Waals surface area contributed by atoms with E-state index in [1.807, 2.05) is 0 Å². The molecule has 120 valence electrons. The number of allylic oxidation sites excluding steroid dienone is 1. The highest BCUT2D eigenvalue weighted by atomic mass is 15.1. The Bertz CT molecular complexity index is 963. The van der Waals surface area contributed by atoms with Gasteiger partial charge in [0, 0.05) is 38.0 Å². The van der Waals surface area contributed by atoms with E-state index in [0.717, 1.165) is 47.4 Å². The van der Waals surface area contributed by atoms with Gasteiger partial charge in [0.25, 0.3) is 0 Å². The fourth-order valence-electron chi connectivity index (χ4n) is 3.44. The molecule has 0 spiro atoms. The van der Waals surface area contributed by atoms with Crippen LogP contribution in [0.2, 0.25) is 0 Å². The van der Waals surface area contributed by atoms with Crippen molar-refractivity contribution in [3.63, 3.8) is 0 Å². The van der Waals surface area contributed by atoms with E-state index in [9.17, 15) is 0 Å². The van der Waals surface area contributed by atoms with E-state index < -0.39 is 0 Å². The van der Waals surface area contributed by atoms with Gasteiger partial charge in [-0.15, -0.1) is 0 Å². The summed E-state index contributed by atoms with van der Waals surface area (Å²) in [5, 5.41) is 0. The van der Waals surface area contributed by atoms with E-state index in [2.05, 4.69) is 52.0 Å². The highest BCUT2D eigenvalue weighted by molar-refractivity contribution is 6.10. The third kappa shape index (κ3) is 2.40. The Balaban J connectivity index is 1.86. The Kier molecular flexibility index (Phi) is 3.65. The average Bonchev–Trinajstić information content (AvgIpc) is 2.84. The lowest BCUT2D eigenvalue weighted by molar-refractivity contribution is 0.764. The van der Waals surface area contributed by atoms with Crippen molar-refractivity contribution in [2.24, 2.45) is 10.7 Å². The lowest BCUT2D eigenvalue weighted by Crippen LogP contribution is -2.02. The summed E-state index contributed by atoms with van der Waals surface area (Å²) in [6.07, 6.45) is 5.40. The summed E-state index contributed by atoms with van der Waals surface area (Å²) in [7, 11) is 1.75. The first-order valence-electron chi connectivity index (χ1n) is 8.20. The predicted molar refractivity (Wildman–Crippen MR) is 99.3 cm³/mol. The van der Waals surface area contributed by atoms with E-state index in [1.54, 1.807) is 19.5 Å². The molecule has 0 saturated heterocycles. The summed E-state index contributed by atoms with van der Waals surface area (Å²) in [6.45, 7) is 0.870. The lowest BCUT2D eigenvalue weighted by Gasteiger charge is -2.08. The first kappa shape index (κ1) is 14.7. The molecule has 24 heavy (non-hydrogen) atoms. The third-order valence-electron chi connectivity index (χ3n) is 4.67. The molecular formula is C20H20N4. The molecule has 0 atom stereocenters. The monoisotopic (exact) mass is 316 g/mol. The Morgan fingerprint density at radius 1 is 1.17 bits per heavy atom. The normalized spacial score (nSPS) is 14.6. The molecule has 2 heterocycles. The summed E-state index contributed by atoms with van der Waals surface area (Å²) in [5.41, 5.74) is 12.7. The van der Waals surface area contributed by atoms with Gasteiger partial charge in [0.05, 0.1) is 11.0 Å². The van der Waals surface area contributed by atoms with Crippen molar-refractivity contribution in [2.45, 2.75) is 19.4 Å². The standard InChI is InChI=1S/C20H20N4/c1-22-12-17(11-21)15-6-8-18-19(10-15)24-13-16-5-3-2-4-14(16)7-9-20(24)23-18/h2-6,8,10-12H,7,9,13,21H2,1H3/b17-11+,22-12?. The first-order valence-corrected chi connectivity index (χ1v) is 8.20. The number of hydrogen-bond donors (Lipinski definition) is 1. The minimum atomic E-state index is 0.870. The van der Waals surface area contributed by atoms with Crippen molar-refractivity contribution >= 4 is 22.8 Å². The van der Waals surface area contributed by atoms with Gasteiger partial charge >= 0.3 is 0 Å². The van der Waals surface area contributed by atoms with Gasteiger partial charge in [-0.25, -0.2) is 4.98 Å². The summed E-state index contributed by atoms with van der Waals surface area (Å²) in [4.78, 5) is 8.93. The number of benzene rings is 2. The zero-order valence-corrected chi connectivity index (χ0v) is 13.7. The van der Waals surface area contributed by atoms with Crippen LogP contribution in [0, 0.1) is 0 Å². The van der Waals surface area contributed by atoms with Gasteiger partial charge in [0.1, 0.15) is 5.82 Å². The van der Waals surface area contributed by atoms with Gasteiger partial charge in [-0.05, 0) is 35.2 Å². The molecule has 4 nitrogen and oxygen atoms in total. The second-order valence-electron chi connectivity index (χ2n) is 6.10. The number of aliphatic imine (C=N–C) groups is 1. The second kappa shape index (κ2) is 5.96. The Morgan fingerprint density at radius 2 is 2.00 bits per heavy atom. The number of imidazole rings is 1. The number of nitrogens with two attached hydrogens (primary N) is 1. The molecule has 2 aromatic carbocycles. The van der Waals surface area contributed by atoms with Crippen LogP contribution in [-0.4, -0.2) is 22.8 Å². The Labute approximate surface area is 141 Å². The highest BCUT2D eigenvalue weighted by Gasteiger charge is 2.17. The van der Waals surface area contributed by atoms with Gasteiger partial charge in [-0.1, -0.05) is 30.3 Å². The first-order chi connectivity index (χ1) is 11.8. The minimum Gasteiger partial charge on any atom is -0.404 e. The maximum atomic E-state index is 5.76. The summed E-state index contributed by atoms with van der Waals surface area (Å²) in [5.74, 6) is 1.15. The molecule has 0 amide bonds. The fourth-order valence-corrected chi connectivity index (χ4v) is 3.44.